The fourth-order valence-electron chi connectivity index (χ4n) is 2.73. The van der Waals surface area contributed by atoms with Crippen molar-refractivity contribution in [1.82, 2.24) is 14.9 Å². The normalized spacial score (nSPS) is 10.6. The number of amides is 2. The van der Waals surface area contributed by atoms with Crippen LogP contribution in [-0.4, -0.2) is 28.4 Å². The summed E-state index contributed by atoms with van der Waals surface area (Å²) in [4.78, 5) is 29.5. The van der Waals surface area contributed by atoms with Crippen molar-refractivity contribution in [3.63, 3.8) is 0 Å². The van der Waals surface area contributed by atoms with E-state index in [1.54, 1.807) is 37.4 Å². The average molecular weight is 438 g/mol. The standard InChI is InChI=1S/C19H15Cl3N4O2/c1-10-7-11(20)8-12(18(27)23-2)16(10)25-19(28)14-9-13(21)17(22)26(14)15-5-3-4-6-24-15/h3-9H,1-2H3,(H,23,27)(H,25,28). The van der Waals surface area contributed by atoms with Gasteiger partial charge in [-0.25, -0.2) is 4.98 Å². The van der Waals surface area contributed by atoms with Crippen LogP contribution in [0.15, 0.2) is 42.6 Å². The number of nitrogens with one attached hydrogen (secondary N) is 2. The van der Waals surface area contributed by atoms with Gasteiger partial charge in [0.2, 0.25) is 0 Å². The monoisotopic (exact) mass is 436 g/mol. The quantitative estimate of drug-likeness (QED) is 0.618. The molecule has 2 N–H and O–H groups in total. The van der Waals surface area contributed by atoms with Crippen LogP contribution in [0.3, 0.4) is 0 Å². The zero-order valence-electron chi connectivity index (χ0n) is 14.9. The number of aryl methyl sites for hydroxylation is 1. The van der Waals surface area contributed by atoms with Gasteiger partial charge in [0.15, 0.2) is 0 Å². The number of anilines is 1. The molecule has 0 atom stereocenters. The summed E-state index contributed by atoms with van der Waals surface area (Å²) < 4.78 is 1.43. The highest BCUT2D eigenvalue weighted by atomic mass is 35.5. The highest BCUT2D eigenvalue weighted by molar-refractivity contribution is 6.42. The summed E-state index contributed by atoms with van der Waals surface area (Å²) in [6, 6.07) is 9.79. The van der Waals surface area contributed by atoms with Crippen molar-refractivity contribution in [2.45, 2.75) is 6.92 Å². The molecule has 1 aromatic carbocycles. The van der Waals surface area contributed by atoms with Crippen LogP contribution in [0.25, 0.3) is 5.82 Å². The summed E-state index contributed by atoms with van der Waals surface area (Å²) in [7, 11) is 1.50. The minimum Gasteiger partial charge on any atom is -0.355 e. The van der Waals surface area contributed by atoms with E-state index in [-0.39, 0.29) is 27.3 Å². The molecule has 0 bridgehead atoms. The molecule has 0 unspecified atom stereocenters. The van der Waals surface area contributed by atoms with Crippen LogP contribution in [0.2, 0.25) is 15.2 Å². The molecular weight excluding hydrogens is 423 g/mol. The van der Waals surface area contributed by atoms with Gasteiger partial charge >= 0.3 is 0 Å². The van der Waals surface area contributed by atoms with E-state index >= 15 is 0 Å². The maximum atomic E-state index is 13.0. The summed E-state index contributed by atoms with van der Waals surface area (Å²) >= 11 is 18.5. The largest absolute Gasteiger partial charge is 0.355 e. The lowest BCUT2D eigenvalue weighted by Gasteiger charge is -2.15. The van der Waals surface area contributed by atoms with Crippen molar-refractivity contribution >= 4 is 52.3 Å². The van der Waals surface area contributed by atoms with Crippen LogP contribution >= 0.6 is 34.8 Å². The predicted molar refractivity (Wildman–Crippen MR) is 111 cm³/mol. The number of pyridine rings is 1. The lowest BCUT2D eigenvalue weighted by molar-refractivity contribution is 0.0964. The Balaban J connectivity index is 2.07. The van der Waals surface area contributed by atoms with E-state index in [4.69, 9.17) is 34.8 Å². The summed E-state index contributed by atoms with van der Waals surface area (Å²) in [6.45, 7) is 1.74. The first-order valence-corrected chi connectivity index (χ1v) is 9.28. The maximum Gasteiger partial charge on any atom is 0.272 e. The maximum absolute atomic E-state index is 13.0. The van der Waals surface area contributed by atoms with Crippen LogP contribution in [0.4, 0.5) is 5.69 Å². The lowest BCUT2D eigenvalue weighted by Crippen LogP contribution is -2.23. The van der Waals surface area contributed by atoms with E-state index in [0.29, 0.717) is 22.1 Å². The molecule has 2 amide bonds. The molecular formula is C19H15Cl3N4O2. The number of rotatable bonds is 4. The Morgan fingerprint density at radius 3 is 2.46 bits per heavy atom. The number of nitrogens with zero attached hydrogens (tertiary/aromatic N) is 2. The Morgan fingerprint density at radius 1 is 1.07 bits per heavy atom. The summed E-state index contributed by atoms with van der Waals surface area (Å²) in [6.07, 6.45) is 1.58. The van der Waals surface area contributed by atoms with E-state index in [1.165, 1.54) is 23.7 Å². The van der Waals surface area contributed by atoms with E-state index in [2.05, 4.69) is 15.6 Å². The molecule has 0 aliphatic carbocycles. The van der Waals surface area contributed by atoms with Gasteiger partial charge in [-0.2, -0.15) is 0 Å². The van der Waals surface area contributed by atoms with Crippen molar-refractivity contribution < 1.29 is 9.59 Å². The third-order valence-corrected chi connectivity index (χ3v) is 4.99. The van der Waals surface area contributed by atoms with E-state index < -0.39 is 5.91 Å². The Labute approximate surface area is 176 Å². The molecule has 0 fully saturated rings. The molecule has 0 saturated heterocycles. The van der Waals surface area contributed by atoms with Gasteiger partial charge in [0.05, 0.1) is 16.3 Å². The van der Waals surface area contributed by atoms with Gasteiger partial charge in [0.25, 0.3) is 11.8 Å². The molecule has 0 aliphatic rings. The molecule has 2 aromatic heterocycles. The first kappa shape index (κ1) is 20.2. The van der Waals surface area contributed by atoms with Crippen molar-refractivity contribution in [3.8, 4) is 5.82 Å². The molecule has 3 aromatic rings. The second kappa shape index (κ2) is 8.22. The molecule has 144 valence electrons. The Morgan fingerprint density at radius 2 is 1.82 bits per heavy atom. The third kappa shape index (κ3) is 3.85. The Kier molecular flexibility index (Phi) is 5.93. The van der Waals surface area contributed by atoms with Crippen molar-refractivity contribution in [1.29, 1.82) is 0 Å². The number of carbonyl (C=O) groups excluding carboxylic acids is 2. The van der Waals surface area contributed by atoms with Crippen LogP contribution in [0.1, 0.15) is 26.4 Å². The minimum atomic E-state index is -0.505. The average Bonchev–Trinajstić information content (AvgIpc) is 2.98. The number of halogens is 3. The van der Waals surface area contributed by atoms with Crippen LogP contribution < -0.4 is 10.6 Å². The van der Waals surface area contributed by atoms with Gasteiger partial charge in [-0.3, -0.25) is 14.2 Å². The number of aromatic nitrogens is 2. The second-order valence-corrected chi connectivity index (χ2v) is 7.07. The van der Waals surface area contributed by atoms with Gasteiger partial charge < -0.3 is 10.6 Å². The van der Waals surface area contributed by atoms with Gasteiger partial charge in [-0.1, -0.05) is 40.9 Å². The van der Waals surface area contributed by atoms with Crippen LogP contribution in [0, 0.1) is 6.92 Å². The van der Waals surface area contributed by atoms with Crippen molar-refractivity contribution in [3.05, 3.63) is 74.6 Å². The molecule has 9 heteroatoms. The molecule has 6 nitrogen and oxygen atoms in total. The minimum absolute atomic E-state index is 0.157. The highest BCUT2D eigenvalue weighted by Gasteiger charge is 2.23. The zero-order valence-corrected chi connectivity index (χ0v) is 17.2. The van der Waals surface area contributed by atoms with E-state index in [9.17, 15) is 9.59 Å². The summed E-state index contributed by atoms with van der Waals surface area (Å²) in [5.74, 6) is -0.448. The molecule has 0 radical (unpaired) electrons. The molecule has 2 heterocycles. The first-order valence-electron chi connectivity index (χ1n) is 8.15. The topological polar surface area (TPSA) is 76.0 Å². The van der Waals surface area contributed by atoms with Gasteiger partial charge in [0, 0.05) is 18.3 Å². The van der Waals surface area contributed by atoms with Crippen molar-refractivity contribution in [2.75, 3.05) is 12.4 Å². The molecule has 0 saturated carbocycles. The van der Waals surface area contributed by atoms with Gasteiger partial charge in [0.1, 0.15) is 16.7 Å². The SMILES string of the molecule is CNC(=O)c1cc(Cl)cc(C)c1NC(=O)c1cc(Cl)c(Cl)n1-c1ccccn1. The predicted octanol–water partition coefficient (Wildman–Crippen LogP) is 4.75. The number of hydrogen-bond acceptors (Lipinski definition) is 3. The molecule has 3 rings (SSSR count). The van der Waals surface area contributed by atoms with Gasteiger partial charge in [-0.05, 0) is 42.8 Å². The van der Waals surface area contributed by atoms with Crippen LogP contribution in [0.5, 0.6) is 0 Å². The zero-order chi connectivity index (χ0) is 20.4. The van der Waals surface area contributed by atoms with E-state index in [0.717, 1.165) is 0 Å². The Hall–Kier alpha value is -2.54. The number of carbonyl (C=O) groups is 2. The third-order valence-electron chi connectivity index (χ3n) is 4.02. The molecule has 0 aliphatic heterocycles. The summed E-state index contributed by atoms with van der Waals surface area (Å²) in [5.41, 5.74) is 1.39. The first-order chi connectivity index (χ1) is 13.3. The molecule has 0 spiro atoms. The lowest BCUT2D eigenvalue weighted by atomic mass is 10.1. The smallest absolute Gasteiger partial charge is 0.272 e. The summed E-state index contributed by atoms with van der Waals surface area (Å²) in [5, 5.41) is 6.05. The van der Waals surface area contributed by atoms with Gasteiger partial charge in [-0.15, -0.1) is 0 Å². The Bertz CT molecular complexity index is 1060. The fourth-order valence-corrected chi connectivity index (χ4v) is 3.43. The second-order valence-electron chi connectivity index (χ2n) is 5.87. The molecule has 28 heavy (non-hydrogen) atoms. The van der Waals surface area contributed by atoms with E-state index in [1.807, 2.05) is 0 Å². The number of hydrogen-bond donors (Lipinski definition) is 2. The van der Waals surface area contributed by atoms with Crippen molar-refractivity contribution in [2.24, 2.45) is 0 Å². The van der Waals surface area contributed by atoms with Crippen LogP contribution in [-0.2, 0) is 0 Å². The fraction of sp³-hybridized carbons (Fsp3) is 0.105. The highest BCUT2D eigenvalue weighted by Crippen LogP contribution is 2.31. The number of benzene rings is 1.